The predicted octanol–water partition coefficient (Wildman–Crippen LogP) is 3.12. The molecular weight excluding hydrogens is 296 g/mol. The second-order valence-corrected chi connectivity index (χ2v) is 5.78. The van der Waals surface area contributed by atoms with E-state index in [1.54, 1.807) is 6.07 Å². The molecule has 0 spiro atoms. The Morgan fingerprint density at radius 3 is 2.41 bits per heavy atom. The highest BCUT2D eigenvalue weighted by atomic mass is 35.5. The molecule has 0 atom stereocenters. The molecule has 0 saturated carbocycles. The lowest BCUT2D eigenvalue weighted by atomic mass is 10.1. The largest absolute Gasteiger partial charge is 0.399 e. The summed E-state index contributed by atoms with van der Waals surface area (Å²) in [5.41, 5.74) is 9.12. The molecule has 0 radical (unpaired) electrons. The normalized spacial score (nSPS) is 14.7. The van der Waals surface area contributed by atoms with E-state index in [9.17, 15) is 5.26 Å². The van der Waals surface area contributed by atoms with Crippen LogP contribution in [0.2, 0.25) is 5.02 Å². The summed E-state index contributed by atoms with van der Waals surface area (Å²) in [5, 5.41) is 10.0. The van der Waals surface area contributed by atoms with Gasteiger partial charge in [0.05, 0.1) is 11.3 Å². The van der Waals surface area contributed by atoms with Crippen LogP contribution < -0.4 is 15.5 Å². The smallest absolute Gasteiger partial charge is 0.101 e. The van der Waals surface area contributed by atoms with Crippen LogP contribution in [0.5, 0.6) is 0 Å². The summed E-state index contributed by atoms with van der Waals surface area (Å²) in [6, 6.07) is 15.7. The zero-order chi connectivity index (χ0) is 15.5. The lowest BCUT2D eigenvalue weighted by Crippen LogP contribution is -2.46. The number of nitriles is 1. The first-order valence-electron chi connectivity index (χ1n) is 7.22. The van der Waals surface area contributed by atoms with Crippen molar-refractivity contribution >= 4 is 28.7 Å². The fourth-order valence-electron chi connectivity index (χ4n) is 2.80. The standard InChI is InChI=1S/C17H17ClN4/c18-14-2-1-3-16(11-14)21-6-8-22(9-7-21)17-5-4-15(20)10-13(17)12-19/h1-5,10-11H,6-9,20H2. The molecule has 112 valence electrons. The maximum absolute atomic E-state index is 9.28. The van der Waals surface area contributed by atoms with Crippen molar-refractivity contribution in [3.63, 3.8) is 0 Å². The Kier molecular flexibility index (Phi) is 4.08. The van der Waals surface area contributed by atoms with Crippen LogP contribution in [-0.2, 0) is 0 Å². The van der Waals surface area contributed by atoms with Crippen molar-refractivity contribution in [1.29, 1.82) is 5.26 Å². The lowest BCUT2D eigenvalue weighted by molar-refractivity contribution is 0.653. The Morgan fingerprint density at radius 1 is 1.00 bits per heavy atom. The fourth-order valence-corrected chi connectivity index (χ4v) is 2.98. The van der Waals surface area contributed by atoms with E-state index in [0.717, 1.165) is 42.6 Å². The molecule has 0 aromatic heterocycles. The average Bonchev–Trinajstić information content (AvgIpc) is 2.55. The van der Waals surface area contributed by atoms with Crippen molar-refractivity contribution in [3.05, 3.63) is 53.1 Å². The van der Waals surface area contributed by atoms with Gasteiger partial charge in [-0.15, -0.1) is 0 Å². The van der Waals surface area contributed by atoms with Crippen LogP contribution in [0.15, 0.2) is 42.5 Å². The molecule has 5 heteroatoms. The van der Waals surface area contributed by atoms with Gasteiger partial charge in [-0.05, 0) is 36.4 Å². The molecule has 1 aliphatic heterocycles. The first-order chi connectivity index (χ1) is 10.7. The van der Waals surface area contributed by atoms with Crippen LogP contribution in [-0.4, -0.2) is 26.2 Å². The number of hydrogen-bond donors (Lipinski definition) is 1. The van der Waals surface area contributed by atoms with Crippen molar-refractivity contribution < 1.29 is 0 Å². The van der Waals surface area contributed by atoms with E-state index >= 15 is 0 Å². The minimum atomic E-state index is 0.623. The van der Waals surface area contributed by atoms with Gasteiger partial charge in [-0.2, -0.15) is 5.26 Å². The number of anilines is 3. The molecule has 2 aromatic rings. The van der Waals surface area contributed by atoms with E-state index in [1.807, 2.05) is 30.3 Å². The topological polar surface area (TPSA) is 56.3 Å². The van der Waals surface area contributed by atoms with E-state index in [1.165, 1.54) is 0 Å². The molecule has 0 bridgehead atoms. The molecule has 2 N–H and O–H groups in total. The number of nitrogen functional groups attached to an aromatic ring is 1. The number of hydrogen-bond acceptors (Lipinski definition) is 4. The Balaban J connectivity index is 1.73. The number of nitrogens with zero attached hydrogens (tertiary/aromatic N) is 3. The molecule has 1 heterocycles. The number of rotatable bonds is 2. The second-order valence-electron chi connectivity index (χ2n) is 5.34. The third kappa shape index (κ3) is 2.95. The predicted molar refractivity (Wildman–Crippen MR) is 91.4 cm³/mol. The van der Waals surface area contributed by atoms with E-state index in [0.29, 0.717) is 11.3 Å². The van der Waals surface area contributed by atoms with Gasteiger partial charge in [0, 0.05) is 42.6 Å². The van der Waals surface area contributed by atoms with Crippen LogP contribution in [0.25, 0.3) is 0 Å². The highest BCUT2D eigenvalue weighted by Gasteiger charge is 2.19. The third-order valence-corrected chi connectivity index (χ3v) is 4.17. The van der Waals surface area contributed by atoms with E-state index in [2.05, 4.69) is 21.9 Å². The van der Waals surface area contributed by atoms with E-state index < -0.39 is 0 Å². The van der Waals surface area contributed by atoms with Crippen molar-refractivity contribution in [2.45, 2.75) is 0 Å². The summed E-state index contributed by atoms with van der Waals surface area (Å²) >= 11 is 6.06. The van der Waals surface area contributed by atoms with Gasteiger partial charge in [0.15, 0.2) is 0 Å². The quantitative estimate of drug-likeness (QED) is 0.866. The van der Waals surface area contributed by atoms with Crippen molar-refractivity contribution in [3.8, 4) is 6.07 Å². The number of halogens is 1. The number of nitrogens with two attached hydrogens (primary N) is 1. The van der Waals surface area contributed by atoms with Gasteiger partial charge in [-0.3, -0.25) is 0 Å². The first kappa shape index (κ1) is 14.6. The summed E-state index contributed by atoms with van der Waals surface area (Å²) in [6.45, 7) is 3.53. The molecule has 1 fully saturated rings. The Hall–Kier alpha value is -2.38. The van der Waals surface area contributed by atoms with Crippen LogP contribution in [0.4, 0.5) is 17.1 Å². The van der Waals surface area contributed by atoms with Crippen molar-refractivity contribution in [2.24, 2.45) is 0 Å². The second kappa shape index (κ2) is 6.17. The van der Waals surface area contributed by atoms with Gasteiger partial charge in [0.25, 0.3) is 0 Å². The summed E-state index contributed by atoms with van der Waals surface area (Å²) < 4.78 is 0. The van der Waals surface area contributed by atoms with Crippen LogP contribution in [0.3, 0.4) is 0 Å². The molecule has 0 aliphatic carbocycles. The van der Waals surface area contributed by atoms with Gasteiger partial charge in [0.2, 0.25) is 0 Å². The summed E-state index contributed by atoms with van der Waals surface area (Å²) in [7, 11) is 0. The van der Waals surface area contributed by atoms with Gasteiger partial charge in [-0.25, -0.2) is 0 Å². The zero-order valence-corrected chi connectivity index (χ0v) is 12.9. The van der Waals surface area contributed by atoms with E-state index in [4.69, 9.17) is 17.3 Å². The molecule has 3 rings (SSSR count). The maximum atomic E-state index is 9.28. The third-order valence-electron chi connectivity index (χ3n) is 3.93. The Morgan fingerprint density at radius 2 is 1.73 bits per heavy atom. The van der Waals surface area contributed by atoms with Crippen LogP contribution in [0, 0.1) is 11.3 Å². The Labute approximate surface area is 135 Å². The average molecular weight is 313 g/mol. The highest BCUT2D eigenvalue weighted by Crippen LogP contribution is 2.26. The van der Waals surface area contributed by atoms with Gasteiger partial charge in [-0.1, -0.05) is 17.7 Å². The zero-order valence-electron chi connectivity index (χ0n) is 12.2. The van der Waals surface area contributed by atoms with E-state index in [-0.39, 0.29) is 0 Å². The SMILES string of the molecule is N#Cc1cc(N)ccc1N1CCN(c2cccc(Cl)c2)CC1. The van der Waals surface area contributed by atoms with Gasteiger partial charge < -0.3 is 15.5 Å². The highest BCUT2D eigenvalue weighted by molar-refractivity contribution is 6.30. The minimum Gasteiger partial charge on any atom is -0.399 e. The van der Waals surface area contributed by atoms with Crippen LogP contribution in [0.1, 0.15) is 5.56 Å². The number of benzene rings is 2. The summed E-state index contributed by atoms with van der Waals surface area (Å²) in [4.78, 5) is 4.55. The van der Waals surface area contributed by atoms with Crippen molar-refractivity contribution in [1.82, 2.24) is 0 Å². The van der Waals surface area contributed by atoms with Crippen LogP contribution >= 0.6 is 11.6 Å². The minimum absolute atomic E-state index is 0.623. The Bertz CT molecular complexity index is 715. The number of piperazine rings is 1. The lowest BCUT2D eigenvalue weighted by Gasteiger charge is -2.37. The molecule has 22 heavy (non-hydrogen) atoms. The summed E-state index contributed by atoms with van der Waals surface area (Å²) in [5.74, 6) is 0. The molecule has 1 saturated heterocycles. The molecule has 0 unspecified atom stereocenters. The molecular formula is C17H17ClN4. The summed E-state index contributed by atoms with van der Waals surface area (Å²) in [6.07, 6.45) is 0. The maximum Gasteiger partial charge on any atom is 0.101 e. The fraction of sp³-hybridized carbons (Fsp3) is 0.235. The van der Waals surface area contributed by atoms with Crippen molar-refractivity contribution in [2.75, 3.05) is 41.7 Å². The molecule has 2 aromatic carbocycles. The molecule has 1 aliphatic rings. The molecule has 0 amide bonds. The van der Waals surface area contributed by atoms with Gasteiger partial charge in [0.1, 0.15) is 6.07 Å². The monoisotopic (exact) mass is 312 g/mol. The first-order valence-corrected chi connectivity index (χ1v) is 7.60. The van der Waals surface area contributed by atoms with Gasteiger partial charge >= 0.3 is 0 Å². The molecule has 4 nitrogen and oxygen atoms in total.